The van der Waals surface area contributed by atoms with E-state index in [2.05, 4.69) is 16.4 Å². The number of halogens is 1. The summed E-state index contributed by atoms with van der Waals surface area (Å²) >= 11 is 6.15. The third-order valence-corrected chi connectivity index (χ3v) is 3.56. The number of rotatable bonds is 4. The van der Waals surface area contributed by atoms with E-state index < -0.39 is 0 Å². The first kappa shape index (κ1) is 13.2. The van der Waals surface area contributed by atoms with E-state index in [4.69, 9.17) is 16.0 Å². The molecular formula is C16H15ClN2O. The van der Waals surface area contributed by atoms with Gasteiger partial charge < -0.3 is 9.73 Å². The van der Waals surface area contributed by atoms with E-state index in [1.807, 2.05) is 43.5 Å². The van der Waals surface area contributed by atoms with Crippen LogP contribution in [0.15, 0.2) is 47.0 Å². The van der Waals surface area contributed by atoms with E-state index in [1.54, 1.807) is 0 Å². The van der Waals surface area contributed by atoms with Crippen LogP contribution in [0.25, 0.3) is 11.0 Å². The van der Waals surface area contributed by atoms with Gasteiger partial charge in [0.2, 0.25) is 0 Å². The molecule has 4 heteroatoms. The molecule has 102 valence electrons. The van der Waals surface area contributed by atoms with Crippen LogP contribution in [0.3, 0.4) is 0 Å². The summed E-state index contributed by atoms with van der Waals surface area (Å²) in [6, 6.07) is 12.0. The van der Waals surface area contributed by atoms with Gasteiger partial charge in [-0.1, -0.05) is 24.3 Å². The van der Waals surface area contributed by atoms with Crippen molar-refractivity contribution in [3.05, 3.63) is 64.6 Å². The number of aryl methyl sites for hydroxylation is 1. The second-order valence-electron chi connectivity index (χ2n) is 4.76. The molecule has 1 N–H and O–H groups in total. The van der Waals surface area contributed by atoms with Crippen molar-refractivity contribution in [2.45, 2.75) is 20.0 Å². The first-order chi connectivity index (χ1) is 9.74. The molecule has 1 aromatic carbocycles. The summed E-state index contributed by atoms with van der Waals surface area (Å²) < 4.78 is 5.53. The largest absolute Gasteiger partial charge is 0.444 e. The Labute approximate surface area is 122 Å². The Morgan fingerprint density at radius 3 is 2.80 bits per heavy atom. The third-order valence-electron chi connectivity index (χ3n) is 3.25. The molecule has 3 rings (SSSR count). The molecule has 0 saturated heterocycles. The van der Waals surface area contributed by atoms with E-state index in [0.717, 1.165) is 34.3 Å². The van der Waals surface area contributed by atoms with E-state index in [9.17, 15) is 0 Å². The van der Waals surface area contributed by atoms with Crippen molar-refractivity contribution in [2.24, 2.45) is 0 Å². The molecule has 0 unspecified atom stereocenters. The van der Waals surface area contributed by atoms with Gasteiger partial charge in [0.25, 0.3) is 0 Å². The highest BCUT2D eigenvalue weighted by Gasteiger charge is 2.11. The number of nitrogens with one attached hydrogen (secondary N) is 1. The number of aromatic nitrogens is 1. The monoisotopic (exact) mass is 286 g/mol. The number of hydrogen-bond acceptors (Lipinski definition) is 3. The second-order valence-corrected chi connectivity index (χ2v) is 5.11. The molecule has 0 amide bonds. The van der Waals surface area contributed by atoms with Crippen LogP contribution in [0.4, 0.5) is 0 Å². The summed E-state index contributed by atoms with van der Waals surface area (Å²) in [6.45, 7) is 3.40. The van der Waals surface area contributed by atoms with Gasteiger partial charge in [0, 0.05) is 35.9 Å². The third kappa shape index (κ3) is 2.69. The van der Waals surface area contributed by atoms with E-state index in [0.29, 0.717) is 11.8 Å². The molecule has 2 aromatic heterocycles. The number of para-hydroxylation sites is 1. The Bertz CT molecular complexity index is 719. The maximum atomic E-state index is 6.15. The van der Waals surface area contributed by atoms with Crippen LogP contribution in [-0.2, 0) is 13.1 Å². The van der Waals surface area contributed by atoms with Crippen molar-refractivity contribution >= 4 is 22.6 Å². The van der Waals surface area contributed by atoms with E-state index >= 15 is 0 Å². The highest BCUT2D eigenvalue weighted by Crippen LogP contribution is 2.29. The number of furan rings is 1. The van der Waals surface area contributed by atoms with Crippen molar-refractivity contribution in [1.29, 1.82) is 0 Å². The smallest absolute Gasteiger partial charge is 0.199 e. The molecule has 0 bridgehead atoms. The van der Waals surface area contributed by atoms with Gasteiger partial charge >= 0.3 is 0 Å². The zero-order chi connectivity index (χ0) is 13.9. The quantitative estimate of drug-likeness (QED) is 0.785. The van der Waals surface area contributed by atoms with Crippen molar-refractivity contribution in [3.8, 4) is 0 Å². The summed E-state index contributed by atoms with van der Waals surface area (Å²) in [4.78, 5) is 4.28. The summed E-state index contributed by atoms with van der Waals surface area (Å²) in [5, 5.41) is 4.89. The molecule has 0 spiro atoms. The topological polar surface area (TPSA) is 38.1 Å². The molecule has 0 aliphatic rings. The zero-order valence-electron chi connectivity index (χ0n) is 11.2. The lowest BCUT2D eigenvalue weighted by Gasteiger charge is -2.04. The maximum absolute atomic E-state index is 6.15. The van der Waals surface area contributed by atoms with Crippen LogP contribution in [0.2, 0.25) is 5.22 Å². The Kier molecular flexibility index (Phi) is 3.72. The van der Waals surface area contributed by atoms with E-state index in [1.165, 1.54) is 0 Å². The highest BCUT2D eigenvalue weighted by atomic mass is 35.5. The summed E-state index contributed by atoms with van der Waals surface area (Å²) in [6.07, 6.45) is 1.89. The normalized spacial score (nSPS) is 11.1. The molecule has 3 nitrogen and oxygen atoms in total. The van der Waals surface area contributed by atoms with Crippen molar-refractivity contribution in [1.82, 2.24) is 10.3 Å². The predicted octanol–water partition coefficient (Wildman–Crippen LogP) is 4.08. The summed E-state index contributed by atoms with van der Waals surface area (Å²) in [5.41, 5.74) is 4.01. The van der Waals surface area contributed by atoms with Gasteiger partial charge in [0.1, 0.15) is 5.58 Å². The molecule has 2 heterocycles. The van der Waals surface area contributed by atoms with Crippen LogP contribution < -0.4 is 5.32 Å². The van der Waals surface area contributed by atoms with Gasteiger partial charge in [-0.2, -0.15) is 0 Å². The lowest BCUT2D eigenvalue weighted by molar-refractivity contribution is 0.604. The average molecular weight is 287 g/mol. The molecule has 0 aliphatic heterocycles. The standard InChI is InChI=1S/C16H15ClN2O/c1-11-6-7-12(9-19-11)8-18-10-14-13-4-2-3-5-15(13)20-16(14)17/h2-7,9,18H,8,10H2,1H3. The van der Waals surface area contributed by atoms with Gasteiger partial charge in [-0.15, -0.1) is 0 Å². The van der Waals surface area contributed by atoms with Crippen LogP contribution >= 0.6 is 11.6 Å². The highest BCUT2D eigenvalue weighted by molar-refractivity contribution is 6.30. The van der Waals surface area contributed by atoms with Crippen LogP contribution in [-0.4, -0.2) is 4.98 Å². The minimum atomic E-state index is 0.459. The fraction of sp³-hybridized carbons (Fsp3) is 0.188. The molecule has 20 heavy (non-hydrogen) atoms. The molecule has 0 radical (unpaired) electrons. The minimum absolute atomic E-state index is 0.459. The van der Waals surface area contributed by atoms with Gasteiger partial charge in [0.15, 0.2) is 5.22 Å². The van der Waals surface area contributed by atoms with Crippen molar-refractivity contribution in [3.63, 3.8) is 0 Å². The molecule has 0 aliphatic carbocycles. The first-order valence-corrected chi connectivity index (χ1v) is 6.90. The first-order valence-electron chi connectivity index (χ1n) is 6.52. The van der Waals surface area contributed by atoms with Crippen LogP contribution in [0.1, 0.15) is 16.8 Å². The maximum Gasteiger partial charge on any atom is 0.199 e. The molecule has 0 atom stereocenters. The average Bonchev–Trinajstić information content (AvgIpc) is 2.77. The molecule has 0 saturated carbocycles. The Balaban J connectivity index is 1.71. The Morgan fingerprint density at radius 2 is 2.00 bits per heavy atom. The zero-order valence-corrected chi connectivity index (χ0v) is 11.9. The van der Waals surface area contributed by atoms with Crippen molar-refractivity contribution in [2.75, 3.05) is 0 Å². The number of nitrogens with zero attached hydrogens (tertiary/aromatic N) is 1. The summed E-state index contributed by atoms with van der Waals surface area (Å²) in [5.74, 6) is 0. The fourth-order valence-electron chi connectivity index (χ4n) is 2.17. The minimum Gasteiger partial charge on any atom is -0.444 e. The van der Waals surface area contributed by atoms with Crippen molar-refractivity contribution < 1.29 is 4.42 Å². The molecule has 3 aromatic rings. The van der Waals surface area contributed by atoms with Gasteiger partial charge in [-0.25, -0.2) is 0 Å². The second kappa shape index (κ2) is 5.65. The summed E-state index contributed by atoms with van der Waals surface area (Å²) in [7, 11) is 0. The molecular weight excluding hydrogens is 272 g/mol. The van der Waals surface area contributed by atoms with Crippen LogP contribution in [0.5, 0.6) is 0 Å². The van der Waals surface area contributed by atoms with Crippen LogP contribution in [0, 0.1) is 6.92 Å². The lowest BCUT2D eigenvalue weighted by Crippen LogP contribution is -2.12. The van der Waals surface area contributed by atoms with Gasteiger partial charge in [-0.3, -0.25) is 4.98 Å². The number of fused-ring (bicyclic) bond motifs is 1. The van der Waals surface area contributed by atoms with Gasteiger partial charge in [0.05, 0.1) is 0 Å². The SMILES string of the molecule is Cc1ccc(CNCc2c(Cl)oc3ccccc23)cn1. The number of hydrogen-bond donors (Lipinski definition) is 1. The molecule has 0 fully saturated rings. The number of benzene rings is 1. The Hall–Kier alpha value is -1.84. The number of pyridine rings is 1. The fourth-order valence-corrected chi connectivity index (χ4v) is 2.42. The Morgan fingerprint density at radius 1 is 1.15 bits per heavy atom. The predicted molar refractivity (Wildman–Crippen MR) is 80.7 cm³/mol. The lowest BCUT2D eigenvalue weighted by atomic mass is 10.1. The van der Waals surface area contributed by atoms with E-state index in [-0.39, 0.29) is 0 Å². The van der Waals surface area contributed by atoms with Gasteiger partial charge in [-0.05, 0) is 36.2 Å².